The minimum absolute atomic E-state index is 0.0889. The Labute approximate surface area is 141 Å². The highest BCUT2D eigenvalue weighted by Gasteiger charge is 2.48. The van der Waals surface area contributed by atoms with E-state index in [2.05, 4.69) is 10.8 Å². The number of alkyl halides is 5. The van der Waals surface area contributed by atoms with Gasteiger partial charge < -0.3 is 14.7 Å². The van der Waals surface area contributed by atoms with Crippen molar-refractivity contribution in [3.8, 4) is 0 Å². The zero-order chi connectivity index (χ0) is 18.1. The van der Waals surface area contributed by atoms with Crippen LogP contribution in [0.1, 0.15) is 6.42 Å². The predicted molar refractivity (Wildman–Crippen MR) is 78.3 cm³/mol. The van der Waals surface area contributed by atoms with E-state index in [-0.39, 0.29) is 11.3 Å². The number of rotatable bonds is 5. The molecule has 1 aliphatic carbocycles. The van der Waals surface area contributed by atoms with Crippen LogP contribution < -0.4 is 5.73 Å². The lowest BCUT2D eigenvalue weighted by Gasteiger charge is -2.22. The van der Waals surface area contributed by atoms with Crippen LogP contribution in [-0.2, 0) is 19.0 Å². The Hall–Kier alpha value is -1.31. The van der Waals surface area contributed by atoms with Crippen molar-refractivity contribution in [2.45, 2.75) is 15.6 Å². The van der Waals surface area contributed by atoms with E-state index in [1.54, 1.807) is 0 Å². The van der Waals surface area contributed by atoms with Gasteiger partial charge in [-0.25, -0.2) is 8.78 Å². The second-order valence-electron chi connectivity index (χ2n) is 4.13. The van der Waals surface area contributed by atoms with Crippen LogP contribution in [0.3, 0.4) is 0 Å². The number of halogens is 6. The first kappa shape index (κ1) is 19.7. The van der Waals surface area contributed by atoms with E-state index in [0.29, 0.717) is 6.26 Å². The van der Waals surface area contributed by atoms with Crippen molar-refractivity contribution < 1.29 is 39.3 Å². The molecule has 0 spiro atoms. The average molecular weight is 473 g/mol. The largest absolute Gasteiger partial charge is 0.534 e. The average Bonchev–Trinajstić information content (AvgIpc) is 2.37. The van der Waals surface area contributed by atoms with Crippen LogP contribution in [0, 0.1) is 0 Å². The summed E-state index contributed by atoms with van der Waals surface area (Å²) in [6.45, 7) is 3.35. The molecule has 2 N–H and O–H groups in total. The molecule has 1 atom stereocenters. The van der Waals surface area contributed by atoms with E-state index in [1.165, 1.54) is 22.6 Å². The number of hydrogen-bond acceptors (Lipinski definition) is 5. The molecular weight excluding hydrogens is 464 g/mol. The molecule has 0 unspecified atom stereocenters. The Bertz CT molecular complexity index is 694. The monoisotopic (exact) mass is 473 g/mol. The van der Waals surface area contributed by atoms with E-state index in [4.69, 9.17) is 10.5 Å². The van der Waals surface area contributed by atoms with Crippen LogP contribution in [0.5, 0.6) is 0 Å². The third-order valence-corrected chi connectivity index (χ3v) is 4.23. The normalized spacial score (nSPS) is 23.0. The maximum atomic E-state index is 13.8. The summed E-state index contributed by atoms with van der Waals surface area (Å²) in [7, 11) is -5.93. The van der Waals surface area contributed by atoms with E-state index >= 15 is 0 Å². The fourth-order valence-electron chi connectivity index (χ4n) is 1.27. The number of allylic oxidation sites excluding steroid dienone is 4. The maximum Gasteiger partial charge on any atom is 0.534 e. The third kappa shape index (κ3) is 5.09. The quantitative estimate of drug-likeness (QED) is 0.165. The minimum Gasteiger partial charge on any atom is -0.460 e. The van der Waals surface area contributed by atoms with Gasteiger partial charge in [-0.1, -0.05) is 12.7 Å². The van der Waals surface area contributed by atoms with Crippen molar-refractivity contribution >= 4 is 32.7 Å². The van der Waals surface area contributed by atoms with Gasteiger partial charge in [0.15, 0.2) is 6.26 Å². The minimum atomic E-state index is -5.93. The highest BCUT2D eigenvalue weighted by molar-refractivity contribution is 14.1. The first-order valence-electron chi connectivity index (χ1n) is 5.53. The second kappa shape index (κ2) is 6.67. The topological polar surface area (TPSA) is 78.6 Å². The molecule has 0 fully saturated rings. The van der Waals surface area contributed by atoms with Crippen LogP contribution in [0.2, 0.25) is 0 Å². The van der Waals surface area contributed by atoms with E-state index < -0.39 is 37.4 Å². The van der Waals surface area contributed by atoms with Gasteiger partial charge in [0.05, 0.1) is 0 Å². The zero-order valence-corrected chi connectivity index (χ0v) is 14.0. The summed E-state index contributed by atoms with van der Waals surface area (Å²) in [6, 6.07) is 0. The van der Waals surface area contributed by atoms with Gasteiger partial charge in [0.1, 0.15) is 11.6 Å². The molecule has 0 aromatic rings. The Morgan fingerprint density at radius 2 is 2.00 bits per heavy atom. The first-order valence-corrected chi connectivity index (χ1v) is 8.02. The molecule has 1 rings (SSSR count). The van der Waals surface area contributed by atoms with Gasteiger partial charge in [0.2, 0.25) is 9.56 Å². The molecule has 23 heavy (non-hydrogen) atoms. The number of hydrogen-bond donors (Lipinski definition) is 1. The Morgan fingerprint density at radius 1 is 1.43 bits per heavy atom. The molecule has 0 saturated heterocycles. The predicted octanol–water partition coefficient (Wildman–Crippen LogP) is 3.42. The van der Waals surface area contributed by atoms with Gasteiger partial charge in [0.25, 0.3) is 0 Å². The Balaban J connectivity index is 2.77. The maximum absolute atomic E-state index is 13.8. The highest BCUT2D eigenvalue weighted by Crippen LogP contribution is 2.41. The lowest BCUT2D eigenvalue weighted by molar-refractivity contribution is -0.0523. The summed E-state index contributed by atoms with van der Waals surface area (Å²) >= 11 is 1.22. The summed E-state index contributed by atoms with van der Waals surface area (Å²) < 4.78 is 90.4. The summed E-state index contributed by atoms with van der Waals surface area (Å²) in [5.74, 6) is -2.52. The van der Waals surface area contributed by atoms with Gasteiger partial charge in [-0.05, 0) is 34.2 Å². The fraction of sp³-hybridized carbons (Fsp3) is 0.273. The lowest BCUT2D eigenvalue weighted by atomic mass is 10.0. The Kier molecular flexibility index (Phi) is 5.72. The first-order chi connectivity index (χ1) is 10.3. The van der Waals surface area contributed by atoms with E-state index in [9.17, 15) is 30.4 Å². The van der Waals surface area contributed by atoms with Crippen molar-refractivity contribution in [2.75, 3.05) is 0 Å². The van der Waals surface area contributed by atoms with Gasteiger partial charge in [0, 0.05) is 6.42 Å². The molecule has 0 bridgehead atoms. The molecule has 0 aliphatic heterocycles. The van der Waals surface area contributed by atoms with Gasteiger partial charge in [-0.15, -0.1) is 0 Å². The van der Waals surface area contributed by atoms with Gasteiger partial charge in [-0.3, -0.25) is 0 Å². The van der Waals surface area contributed by atoms with Crippen LogP contribution in [0.25, 0.3) is 0 Å². The van der Waals surface area contributed by atoms with Gasteiger partial charge >= 0.3 is 15.6 Å². The molecule has 5 nitrogen and oxygen atoms in total. The van der Waals surface area contributed by atoms with Crippen molar-refractivity contribution in [1.82, 2.24) is 0 Å². The standard InChI is InChI=1S/C11H9F5INO4S/c1-6(7-2-3-8(12)10(13,17)4-7)21-5-9(18)22-23(19,20)11(14,15)16/h2-3,5H,1,4,18H2/b9-5+/t10-/m0/s1. The highest BCUT2D eigenvalue weighted by atomic mass is 127. The van der Waals surface area contributed by atoms with Crippen LogP contribution in [-0.4, -0.2) is 17.6 Å². The molecule has 12 heteroatoms. The lowest BCUT2D eigenvalue weighted by Crippen LogP contribution is -2.27. The second-order valence-corrected chi connectivity index (χ2v) is 7.38. The number of nitrogens with two attached hydrogens (primary N) is 1. The summed E-state index contributed by atoms with van der Waals surface area (Å²) in [5, 5.41) is 0. The third-order valence-electron chi connectivity index (χ3n) is 2.36. The summed E-state index contributed by atoms with van der Waals surface area (Å²) in [6.07, 6.45) is 1.86. The zero-order valence-electron chi connectivity index (χ0n) is 11.0. The Morgan fingerprint density at radius 3 is 2.48 bits per heavy atom. The SMILES string of the molecule is C=C(O/C=C(\N)OS(=O)(=O)C(F)(F)F)C1=CC=C(F)[C@@](F)(I)C1. The number of ether oxygens (including phenoxy) is 1. The summed E-state index contributed by atoms with van der Waals surface area (Å²) in [5.41, 5.74) is -0.636. The van der Waals surface area contributed by atoms with Crippen LogP contribution in [0.4, 0.5) is 22.0 Å². The smallest absolute Gasteiger partial charge is 0.460 e. The van der Waals surface area contributed by atoms with E-state index in [0.717, 1.165) is 12.2 Å². The van der Waals surface area contributed by atoms with Crippen molar-refractivity contribution in [3.63, 3.8) is 0 Å². The van der Waals surface area contributed by atoms with Crippen LogP contribution in [0.15, 0.2) is 48.0 Å². The molecule has 0 heterocycles. The molecule has 1 aliphatic rings. The van der Waals surface area contributed by atoms with Crippen molar-refractivity contribution in [1.29, 1.82) is 0 Å². The van der Waals surface area contributed by atoms with Crippen molar-refractivity contribution in [3.05, 3.63) is 48.0 Å². The fourth-order valence-corrected chi connectivity index (χ4v) is 2.25. The molecule has 0 amide bonds. The molecule has 130 valence electrons. The van der Waals surface area contributed by atoms with E-state index in [1.807, 2.05) is 0 Å². The molecule has 0 saturated carbocycles. The van der Waals surface area contributed by atoms with Gasteiger partial charge in [-0.2, -0.15) is 21.6 Å². The van der Waals surface area contributed by atoms with Crippen molar-refractivity contribution in [2.24, 2.45) is 5.73 Å². The molecule has 0 aromatic carbocycles. The summed E-state index contributed by atoms with van der Waals surface area (Å²) in [4.78, 5) is 0. The van der Waals surface area contributed by atoms with Crippen LogP contribution >= 0.6 is 22.6 Å². The molecular formula is C11H9F5INO4S. The molecule has 0 aromatic heterocycles. The molecule has 0 radical (unpaired) electrons.